The number of aromatic nitrogens is 4. The van der Waals surface area contributed by atoms with Crippen LogP contribution in [0, 0.1) is 0 Å². The van der Waals surface area contributed by atoms with Crippen LogP contribution in [0.15, 0.2) is 186 Å². The third-order valence-corrected chi connectivity index (χ3v) is 11.2. The molecule has 0 aliphatic rings. The third kappa shape index (κ3) is 4.71. The van der Waals surface area contributed by atoms with Crippen molar-refractivity contribution in [1.29, 1.82) is 0 Å². The molecule has 12 rings (SSSR count). The van der Waals surface area contributed by atoms with Crippen molar-refractivity contribution in [2.75, 3.05) is 0 Å². The highest BCUT2D eigenvalue weighted by molar-refractivity contribution is 6.21. The Hall–Kier alpha value is -7.63. The van der Waals surface area contributed by atoms with Gasteiger partial charge < -0.3 is 4.42 Å². The molecule has 0 atom stereocenters. The molecule has 3 heterocycles. The van der Waals surface area contributed by atoms with Crippen molar-refractivity contribution in [1.82, 2.24) is 19.5 Å². The second kappa shape index (κ2) is 11.9. The van der Waals surface area contributed by atoms with Crippen LogP contribution in [0.4, 0.5) is 0 Å². The number of hydrogen-bond acceptors (Lipinski definition) is 4. The first-order valence-electron chi connectivity index (χ1n) is 18.8. The molecule has 0 bridgehead atoms. The van der Waals surface area contributed by atoms with Crippen molar-refractivity contribution in [3.8, 4) is 39.9 Å². The highest BCUT2D eigenvalue weighted by Crippen LogP contribution is 2.40. The summed E-state index contributed by atoms with van der Waals surface area (Å²) < 4.78 is 8.70. The van der Waals surface area contributed by atoms with Crippen LogP contribution in [0.2, 0.25) is 0 Å². The number of rotatable bonds is 4. The van der Waals surface area contributed by atoms with E-state index in [2.05, 4.69) is 168 Å². The summed E-state index contributed by atoms with van der Waals surface area (Å²) in [5.74, 6) is 1.74. The van der Waals surface area contributed by atoms with Crippen molar-refractivity contribution >= 4 is 76.1 Å². The summed E-state index contributed by atoms with van der Waals surface area (Å²) in [4.78, 5) is 16.0. The Balaban J connectivity index is 1.13. The largest absolute Gasteiger partial charge is 0.456 e. The number of nitrogens with zero attached hydrogens (tertiary/aromatic N) is 4. The molecule has 0 saturated carbocycles. The van der Waals surface area contributed by atoms with E-state index in [-0.39, 0.29) is 0 Å². The van der Waals surface area contributed by atoms with Gasteiger partial charge in [0.05, 0.1) is 11.0 Å². The molecule has 0 radical (unpaired) electrons. The van der Waals surface area contributed by atoms with Crippen LogP contribution >= 0.6 is 0 Å². The molecule has 12 aromatic rings. The minimum absolute atomic E-state index is 0.557. The molecule has 0 aliphatic heterocycles. The first-order valence-corrected chi connectivity index (χ1v) is 18.8. The maximum atomic E-state index is 6.51. The minimum Gasteiger partial charge on any atom is -0.456 e. The molecule has 0 unspecified atom stereocenters. The number of benzene rings is 9. The second-order valence-corrected chi connectivity index (χ2v) is 14.4. The normalized spacial score (nSPS) is 11.9. The molecule has 0 aliphatic carbocycles. The average Bonchev–Trinajstić information content (AvgIpc) is 3.81. The first kappa shape index (κ1) is 30.8. The highest BCUT2D eigenvalue weighted by Gasteiger charge is 2.21. The van der Waals surface area contributed by atoms with Crippen molar-refractivity contribution in [3.63, 3.8) is 0 Å². The van der Waals surface area contributed by atoms with E-state index in [1.807, 2.05) is 18.2 Å². The Morgan fingerprint density at radius 1 is 0.357 bits per heavy atom. The summed E-state index contributed by atoms with van der Waals surface area (Å²) in [5, 5.41) is 11.3. The molecule has 5 nitrogen and oxygen atoms in total. The number of para-hydroxylation sites is 1. The summed E-state index contributed by atoms with van der Waals surface area (Å²) in [7, 11) is 0. The topological polar surface area (TPSA) is 56.7 Å². The summed E-state index contributed by atoms with van der Waals surface area (Å²) >= 11 is 0. The standard InChI is InChI=1S/C51H30N4O/c1-2-11-31(12-3-1)35-21-22-37-28-38(24-23-36(37)27-35)49-52-50(41-18-10-20-45-48(41)42-29-33-14-4-5-15-34(33)30-46(42)56-45)54-51(53-49)55-43-19-9-8-17-40(43)47-39-16-7-6-13-32(39)25-26-44(47)55/h1-30H. The van der Waals surface area contributed by atoms with Crippen LogP contribution in [-0.2, 0) is 0 Å². The summed E-state index contributed by atoms with van der Waals surface area (Å²) in [6, 6.07) is 63.9. The Morgan fingerprint density at radius 3 is 1.88 bits per heavy atom. The van der Waals surface area contributed by atoms with Gasteiger partial charge in [-0.25, -0.2) is 4.98 Å². The van der Waals surface area contributed by atoms with Crippen molar-refractivity contribution in [3.05, 3.63) is 182 Å². The van der Waals surface area contributed by atoms with E-state index >= 15 is 0 Å². The number of furan rings is 1. The fourth-order valence-corrected chi connectivity index (χ4v) is 8.56. The number of fused-ring (bicyclic) bond motifs is 10. The van der Waals surface area contributed by atoms with Gasteiger partial charge in [0.25, 0.3) is 0 Å². The Bertz CT molecular complexity index is 3540. The first-order chi connectivity index (χ1) is 27.7. The molecule has 56 heavy (non-hydrogen) atoms. The molecule has 3 aromatic heterocycles. The van der Waals surface area contributed by atoms with Gasteiger partial charge in [-0.15, -0.1) is 0 Å². The van der Waals surface area contributed by atoms with E-state index < -0.39 is 0 Å². The maximum Gasteiger partial charge on any atom is 0.238 e. The lowest BCUT2D eigenvalue weighted by Crippen LogP contribution is -2.06. The molecule has 0 fully saturated rings. The van der Waals surface area contributed by atoms with E-state index in [0.29, 0.717) is 17.6 Å². The fraction of sp³-hybridized carbons (Fsp3) is 0. The summed E-state index contributed by atoms with van der Waals surface area (Å²) in [5.41, 5.74) is 7.88. The molecule has 0 spiro atoms. The Morgan fingerprint density at radius 2 is 1.02 bits per heavy atom. The lowest BCUT2D eigenvalue weighted by atomic mass is 10.00. The molecular weight excluding hydrogens is 685 g/mol. The molecule has 0 saturated heterocycles. The average molecular weight is 715 g/mol. The zero-order chi connectivity index (χ0) is 36.7. The molecule has 260 valence electrons. The zero-order valence-corrected chi connectivity index (χ0v) is 30.0. The molecule has 5 heteroatoms. The van der Waals surface area contributed by atoms with E-state index in [1.54, 1.807) is 0 Å². The predicted molar refractivity (Wildman–Crippen MR) is 230 cm³/mol. The highest BCUT2D eigenvalue weighted by atomic mass is 16.3. The lowest BCUT2D eigenvalue weighted by molar-refractivity contribution is 0.669. The van der Waals surface area contributed by atoms with Gasteiger partial charge in [-0.1, -0.05) is 140 Å². The van der Waals surface area contributed by atoms with Crippen molar-refractivity contribution < 1.29 is 4.42 Å². The lowest BCUT2D eigenvalue weighted by Gasteiger charge is -2.12. The quantitative estimate of drug-likeness (QED) is 0.182. The fourth-order valence-electron chi connectivity index (χ4n) is 8.56. The SMILES string of the molecule is c1ccc(-c2ccc3cc(-c4nc(-c5cccc6oc7cc8ccccc8cc7c56)nc(-n5c6ccccc6c6c7ccccc7ccc65)n4)ccc3c2)cc1. The second-order valence-electron chi connectivity index (χ2n) is 14.4. The molecule has 9 aromatic carbocycles. The summed E-state index contributed by atoms with van der Waals surface area (Å²) in [6.45, 7) is 0. The van der Waals surface area contributed by atoms with Gasteiger partial charge in [0.15, 0.2) is 11.6 Å². The predicted octanol–water partition coefficient (Wildman–Crippen LogP) is 13.3. The van der Waals surface area contributed by atoms with E-state index in [9.17, 15) is 0 Å². The monoisotopic (exact) mass is 714 g/mol. The molecule has 0 N–H and O–H groups in total. The van der Waals surface area contributed by atoms with Crippen LogP contribution in [0.3, 0.4) is 0 Å². The van der Waals surface area contributed by atoms with E-state index in [0.717, 1.165) is 71.0 Å². The van der Waals surface area contributed by atoms with E-state index in [1.165, 1.54) is 27.3 Å². The van der Waals surface area contributed by atoms with Gasteiger partial charge >= 0.3 is 0 Å². The van der Waals surface area contributed by atoms with Gasteiger partial charge in [0.2, 0.25) is 5.95 Å². The van der Waals surface area contributed by atoms with Gasteiger partial charge in [-0.05, 0) is 85.9 Å². The third-order valence-electron chi connectivity index (χ3n) is 11.2. The van der Waals surface area contributed by atoms with Gasteiger partial charge in [0.1, 0.15) is 11.2 Å². The van der Waals surface area contributed by atoms with Gasteiger partial charge in [-0.2, -0.15) is 9.97 Å². The van der Waals surface area contributed by atoms with Crippen LogP contribution in [0.5, 0.6) is 0 Å². The Labute approximate surface area is 320 Å². The molecular formula is C51H30N4O. The summed E-state index contributed by atoms with van der Waals surface area (Å²) in [6.07, 6.45) is 0. The van der Waals surface area contributed by atoms with Gasteiger partial charge in [0, 0.05) is 32.7 Å². The number of hydrogen-bond donors (Lipinski definition) is 0. The van der Waals surface area contributed by atoms with Crippen LogP contribution < -0.4 is 0 Å². The molecule has 0 amide bonds. The Kier molecular flexibility index (Phi) is 6.56. The van der Waals surface area contributed by atoms with Crippen LogP contribution in [0.1, 0.15) is 0 Å². The van der Waals surface area contributed by atoms with Crippen molar-refractivity contribution in [2.45, 2.75) is 0 Å². The zero-order valence-electron chi connectivity index (χ0n) is 30.0. The van der Waals surface area contributed by atoms with Crippen LogP contribution in [-0.4, -0.2) is 19.5 Å². The smallest absolute Gasteiger partial charge is 0.238 e. The minimum atomic E-state index is 0.557. The maximum absolute atomic E-state index is 6.51. The van der Waals surface area contributed by atoms with Gasteiger partial charge in [-0.3, -0.25) is 4.57 Å². The van der Waals surface area contributed by atoms with Crippen molar-refractivity contribution in [2.24, 2.45) is 0 Å². The van der Waals surface area contributed by atoms with Crippen LogP contribution in [0.25, 0.3) is 116 Å². The van der Waals surface area contributed by atoms with E-state index in [4.69, 9.17) is 19.4 Å².